The molecule has 0 radical (unpaired) electrons. The van der Waals surface area contributed by atoms with Gasteiger partial charge in [0.05, 0.1) is 23.4 Å². The molecule has 37 heavy (non-hydrogen) atoms. The van der Waals surface area contributed by atoms with Crippen LogP contribution in [0.2, 0.25) is 5.02 Å². The van der Waals surface area contributed by atoms with Crippen LogP contribution in [0.15, 0.2) is 78.9 Å². The standard InChI is InChI=1S/C27H24ClN5O4/c1-37-24-12-10-21(11-13-24)30-14-16-31(17-15-30)27(34)26-18-25(19-2-6-23(7-3-19)33(35)36)29-32(26)22-8-4-20(28)5-9-22/h2-13,18H,14-17H2,1H3. The van der Waals surface area contributed by atoms with Crippen LogP contribution < -0.4 is 9.64 Å². The molecule has 0 saturated carbocycles. The number of amides is 1. The maximum absolute atomic E-state index is 13.7. The van der Waals surface area contributed by atoms with Crippen molar-refractivity contribution in [3.05, 3.63) is 99.7 Å². The van der Waals surface area contributed by atoms with Gasteiger partial charge in [-0.2, -0.15) is 5.10 Å². The van der Waals surface area contributed by atoms with Crippen molar-refractivity contribution in [3.8, 4) is 22.7 Å². The minimum Gasteiger partial charge on any atom is -0.497 e. The van der Waals surface area contributed by atoms with Crippen LogP contribution in [0.5, 0.6) is 5.75 Å². The molecule has 0 bridgehead atoms. The summed E-state index contributed by atoms with van der Waals surface area (Å²) in [6, 6.07) is 22.8. The molecule has 0 spiro atoms. The number of methoxy groups -OCH3 is 1. The van der Waals surface area contributed by atoms with Gasteiger partial charge < -0.3 is 14.5 Å². The Morgan fingerprint density at radius 3 is 2.14 bits per heavy atom. The Balaban J connectivity index is 1.41. The van der Waals surface area contributed by atoms with Crippen molar-refractivity contribution in [3.63, 3.8) is 0 Å². The number of nitro groups is 1. The number of piperazine rings is 1. The first-order chi connectivity index (χ1) is 17.9. The summed E-state index contributed by atoms with van der Waals surface area (Å²) in [6.07, 6.45) is 0. The highest BCUT2D eigenvalue weighted by molar-refractivity contribution is 6.30. The number of ether oxygens (including phenoxy) is 1. The number of non-ortho nitro benzene ring substituents is 1. The van der Waals surface area contributed by atoms with E-state index in [9.17, 15) is 14.9 Å². The van der Waals surface area contributed by atoms with E-state index in [1.165, 1.54) is 12.1 Å². The molecular formula is C27H24ClN5O4. The maximum atomic E-state index is 13.7. The second-order valence-electron chi connectivity index (χ2n) is 8.58. The monoisotopic (exact) mass is 517 g/mol. The normalized spacial score (nSPS) is 13.5. The first-order valence-corrected chi connectivity index (χ1v) is 12.1. The Labute approximate surface area is 218 Å². The summed E-state index contributed by atoms with van der Waals surface area (Å²) in [5.74, 6) is 0.668. The summed E-state index contributed by atoms with van der Waals surface area (Å²) in [5, 5.41) is 16.3. The van der Waals surface area contributed by atoms with Crippen LogP contribution in [0.1, 0.15) is 10.5 Å². The molecule has 1 aliphatic rings. The zero-order valence-electron chi connectivity index (χ0n) is 20.1. The van der Waals surface area contributed by atoms with E-state index in [1.54, 1.807) is 54.3 Å². The van der Waals surface area contributed by atoms with Crippen molar-refractivity contribution in [2.24, 2.45) is 0 Å². The fourth-order valence-corrected chi connectivity index (χ4v) is 4.46. The molecule has 9 nitrogen and oxygen atoms in total. The number of carbonyl (C=O) groups excluding carboxylic acids is 1. The summed E-state index contributed by atoms with van der Waals surface area (Å²) in [4.78, 5) is 28.3. The number of hydrogen-bond donors (Lipinski definition) is 0. The predicted molar refractivity (Wildman–Crippen MR) is 142 cm³/mol. The van der Waals surface area contributed by atoms with Crippen molar-refractivity contribution in [1.29, 1.82) is 0 Å². The first-order valence-electron chi connectivity index (χ1n) is 11.7. The largest absolute Gasteiger partial charge is 0.497 e. The van der Waals surface area contributed by atoms with Crippen LogP contribution in [0, 0.1) is 10.1 Å². The van der Waals surface area contributed by atoms with E-state index in [4.69, 9.17) is 16.3 Å². The number of aromatic nitrogens is 2. The van der Waals surface area contributed by atoms with Crippen molar-refractivity contribution >= 4 is 28.9 Å². The molecule has 4 aromatic rings. The van der Waals surface area contributed by atoms with Crippen molar-refractivity contribution in [2.75, 3.05) is 38.2 Å². The second kappa shape index (κ2) is 10.3. The molecule has 1 saturated heterocycles. The molecular weight excluding hydrogens is 494 g/mol. The van der Waals surface area contributed by atoms with E-state index in [2.05, 4.69) is 10.00 Å². The number of nitro benzene ring substituents is 1. The average Bonchev–Trinajstić information content (AvgIpc) is 3.39. The molecule has 1 amide bonds. The lowest BCUT2D eigenvalue weighted by molar-refractivity contribution is -0.384. The average molecular weight is 518 g/mol. The van der Waals surface area contributed by atoms with Gasteiger partial charge in [0.1, 0.15) is 11.4 Å². The number of rotatable bonds is 6. The number of benzene rings is 3. The lowest BCUT2D eigenvalue weighted by atomic mass is 10.1. The fourth-order valence-electron chi connectivity index (χ4n) is 4.33. The molecule has 0 N–H and O–H groups in total. The third-order valence-electron chi connectivity index (χ3n) is 6.38. The molecule has 1 fully saturated rings. The number of nitrogens with zero attached hydrogens (tertiary/aromatic N) is 5. The summed E-state index contributed by atoms with van der Waals surface area (Å²) in [5.41, 5.74) is 3.40. The molecule has 0 aliphatic carbocycles. The highest BCUT2D eigenvalue weighted by Crippen LogP contribution is 2.26. The van der Waals surface area contributed by atoms with Crippen LogP contribution in [-0.2, 0) is 0 Å². The van der Waals surface area contributed by atoms with Crippen molar-refractivity contribution < 1.29 is 14.5 Å². The van der Waals surface area contributed by atoms with E-state index in [1.807, 2.05) is 29.2 Å². The summed E-state index contributed by atoms with van der Waals surface area (Å²) in [7, 11) is 1.64. The molecule has 1 aliphatic heterocycles. The second-order valence-corrected chi connectivity index (χ2v) is 9.02. The molecule has 1 aromatic heterocycles. The zero-order valence-corrected chi connectivity index (χ0v) is 20.8. The Morgan fingerprint density at radius 2 is 1.54 bits per heavy atom. The van der Waals surface area contributed by atoms with Crippen LogP contribution in [-0.4, -0.2) is 58.8 Å². The highest BCUT2D eigenvalue weighted by Gasteiger charge is 2.26. The van der Waals surface area contributed by atoms with Gasteiger partial charge in [-0.25, -0.2) is 4.68 Å². The molecule has 2 heterocycles. The van der Waals surface area contributed by atoms with Crippen molar-refractivity contribution in [2.45, 2.75) is 0 Å². The topological polar surface area (TPSA) is 93.7 Å². The smallest absolute Gasteiger partial charge is 0.272 e. The number of carbonyl (C=O) groups is 1. The fraction of sp³-hybridized carbons (Fsp3) is 0.185. The van der Waals surface area contributed by atoms with Gasteiger partial charge in [0.15, 0.2) is 0 Å². The van der Waals surface area contributed by atoms with Gasteiger partial charge in [0, 0.05) is 54.6 Å². The van der Waals surface area contributed by atoms with Gasteiger partial charge in [0.25, 0.3) is 11.6 Å². The molecule has 0 unspecified atom stereocenters. The minimum atomic E-state index is -0.448. The van der Waals surface area contributed by atoms with Gasteiger partial charge in [0.2, 0.25) is 0 Å². The van der Waals surface area contributed by atoms with Crippen molar-refractivity contribution in [1.82, 2.24) is 14.7 Å². The van der Waals surface area contributed by atoms with E-state index >= 15 is 0 Å². The predicted octanol–water partition coefficient (Wildman–Crippen LogP) is 5.07. The van der Waals surface area contributed by atoms with Gasteiger partial charge in [-0.15, -0.1) is 0 Å². The lowest BCUT2D eigenvalue weighted by Gasteiger charge is -2.36. The molecule has 3 aromatic carbocycles. The van der Waals surface area contributed by atoms with Crippen LogP contribution in [0.3, 0.4) is 0 Å². The molecule has 0 atom stereocenters. The van der Waals surface area contributed by atoms with Gasteiger partial charge in [-0.05, 0) is 66.7 Å². The number of hydrogen-bond acceptors (Lipinski definition) is 6. The van der Waals surface area contributed by atoms with E-state index in [-0.39, 0.29) is 11.6 Å². The summed E-state index contributed by atoms with van der Waals surface area (Å²) in [6.45, 7) is 2.51. The van der Waals surface area contributed by atoms with Gasteiger partial charge in [-0.3, -0.25) is 14.9 Å². The third-order valence-corrected chi connectivity index (χ3v) is 6.63. The van der Waals surface area contributed by atoms with Gasteiger partial charge >= 0.3 is 0 Å². The maximum Gasteiger partial charge on any atom is 0.272 e. The first kappa shape index (κ1) is 24.3. The lowest BCUT2D eigenvalue weighted by Crippen LogP contribution is -2.49. The van der Waals surface area contributed by atoms with E-state index in [0.717, 1.165) is 11.4 Å². The Bertz CT molecular complexity index is 1410. The van der Waals surface area contributed by atoms with Crippen LogP contribution >= 0.6 is 11.6 Å². The highest BCUT2D eigenvalue weighted by atomic mass is 35.5. The Kier molecular flexibility index (Phi) is 6.78. The van der Waals surface area contributed by atoms with Gasteiger partial charge in [-0.1, -0.05) is 11.6 Å². The third kappa shape index (κ3) is 5.12. The van der Waals surface area contributed by atoms with E-state index < -0.39 is 4.92 Å². The SMILES string of the molecule is COc1ccc(N2CCN(C(=O)c3cc(-c4ccc([N+](=O)[O-])cc4)nn3-c3ccc(Cl)cc3)CC2)cc1. The molecule has 188 valence electrons. The minimum absolute atomic E-state index is 0.00749. The van der Waals surface area contributed by atoms with Crippen LogP contribution in [0.4, 0.5) is 11.4 Å². The van der Waals surface area contributed by atoms with E-state index in [0.29, 0.717) is 53.8 Å². The Hall–Kier alpha value is -4.37. The number of halogens is 1. The van der Waals surface area contributed by atoms with Crippen LogP contribution in [0.25, 0.3) is 16.9 Å². The number of anilines is 1. The summed E-state index contributed by atoms with van der Waals surface area (Å²) >= 11 is 6.07. The molecule has 10 heteroatoms. The zero-order chi connectivity index (χ0) is 25.9. The molecule has 5 rings (SSSR count). The Morgan fingerprint density at radius 1 is 0.919 bits per heavy atom. The quantitative estimate of drug-likeness (QED) is 0.262. The summed E-state index contributed by atoms with van der Waals surface area (Å²) < 4.78 is 6.84.